The van der Waals surface area contributed by atoms with Crippen LogP contribution in [0.25, 0.3) is 0 Å². The van der Waals surface area contributed by atoms with Crippen molar-refractivity contribution in [3.8, 4) is 0 Å². The predicted molar refractivity (Wildman–Crippen MR) is 66.2 cm³/mol. The van der Waals surface area contributed by atoms with Gasteiger partial charge in [-0.1, -0.05) is 24.6 Å². The second-order valence-electron chi connectivity index (χ2n) is 3.69. The van der Waals surface area contributed by atoms with E-state index in [4.69, 9.17) is 16.7 Å². The molecule has 0 radical (unpaired) electrons. The first-order valence-corrected chi connectivity index (χ1v) is 5.69. The van der Waals surface area contributed by atoms with Crippen LogP contribution in [0.5, 0.6) is 0 Å². The standard InChI is InChI=1S/C12H16ClNO2/c1-3-7-14(9(2)12(15)16)11-6-4-5-10(13)8-11/h4-6,8-9H,3,7H2,1-2H3,(H,15,16)/t9-/m0/s1. The van der Waals surface area contributed by atoms with Crippen molar-refractivity contribution in [3.05, 3.63) is 29.3 Å². The molecule has 0 saturated heterocycles. The Hall–Kier alpha value is -1.22. The second kappa shape index (κ2) is 5.75. The minimum atomic E-state index is -0.826. The van der Waals surface area contributed by atoms with Crippen LogP contribution in [-0.4, -0.2) is 23.7 Å². The quantitative estimate of drug-likeness (QED) is 0.862. The third kappa shape index (κ3) is 3.14. The summed E-state index contributed by atoms with van der Waals surface area (Å²) in [4.78, 5) is 12.8. The average molecular weight is 242 g/mol. The van der Waals surface area contributed by atoms with Gasteiger partial charge in [-0.05, 0) is 31.5 Å². The molecule has 0 aliphatic rings. The van der Waals surface area contributed by atoms with Crippen molar-refractivity contribution >= 4 is 23.3 Å². The Morgan fingerprint density at radius 3 is 2.75 bits per heavy atom. The van der Waals surface area contributed by atoms with Crippen molar-refractivity contribution in [2.45, 2.75) is 26.3 Å². The smallest absolute Gasteiger partial charge is 0.326 e. The number of carbonyl (C=O) groups is 1. The summed E-state index contributed by atoms with van der Waals surface area (Å²) >= 11 is 5.90. The molecule has 0 saturated carbocycles. The molecular formula is C12H16ClNO2. The summed E-state index contributed by atoms with van der Waals surface area (Å²) < 4.78 is 0. The maximum atomic E-state index is 11.0. The number of hydrogen-bond donors (Lipinski definition) is 1. The molecule has 1 N–H and O–H groups in total. The normalized spacial score (nSPS) is 12.2. The lowest BCUT2D eigenvalue weighted by Crippen LogP contribution is -2.39. The highest BCUT2D eigenvalue weighted by Crippen LogP contribution is 2.21. The van der Waals surface area contributed by atoms with Crippen LogP contribution < -0.4 is 4.90 Å². The predicted octanol–water partition coefficient (Wildman–Crippen LogP) is 3.03. The van der Waals surface area contributed by atoms with Crippen LogP contribution in [0.1, 0.15) is 20.3 Å². The van der Waals surface area contributed by atoms with Crippen molar-refractivity contribution in [2.75, 3.05) is 11.4 Å². The number of nitrogens with zero attached hydrogens (tertiary/aromatic N) is 1. The summed E-state index contributed by atoms with van der Waals surface area (Å²) in [7, 11) is 0. The van der Waals surface area contributed by atoms with Gasteiger partial charge >= 0.3 is 5.97 Å². The molecular weight excluding hydrogens is 226 g/mol. The molecule has 1 aromatic rings. The fraction of sp³-hybridized carbons (Fsp3) is 0.417. The molecule has 1 aromatic carbocycles. The highest BCUT2D eigenvalue weighted by Gasteiger charge is 2.20. The van der Waals surface area contributed by atoms with E-state index in [1.807, 2.05) is 24.0 Å². The van der Waals surface area contributed by atoms with Crippen LogP contribution >= 0.6 is 11.6 Å². The number of rotatable bonds is 5. The van der Waals surface area contributed by atoms with Crippen molar-refractivity contribution in [2.24, 2.45) is 0 Å². The molecule has 1 atom stereocenters. The fourth-order valence-electron chi connectivity index (χ4n) is 1.58. The molecule has 0 aliphatic carbocycles. The second-order valence-corrected chi connectivity index (χ2v) is 4.12. The van der Waals surface area contributed by atoms with Crippen LogP contribution in [0, 0.1) is 0 Å². The molecule has 16 heavy (non-hydrogen) atoms. The number of carboxylic acids is 1. The zero-order valence-corrected chi connectivity index (χ0v) is 10.2. The van der Waals surface area contributed by atoms with Gasteiger partial charge in [0, 0.05) is 17.3 Å². The van der Waals surface area contributed by atoms with Crippen LogP contribution in [0.15, 0.2) is 24.3 Å². The lowest BCUT2D eigenvalue weighted by Gasteiger charge is -2.28. The van der Waals surface area contributed by atoms with Crippen molar-refractivity contribution in [3.63, 3.8) is 0 Å². The molecule has 1 rings (SSSR count). The van der Waals surface area contributed by atoms with Crippen molar-refractivity contribution < 1.29 is 9.90 Å². The first kappa shape index (κ1) is 12.8. The molecule has 88 valence electrons. The zero-order chi connectivity index (χ0) is 12.1. The summed E-state index contributed by atoms with van der Waals surface area (Å²) in [6.45, 7) is 4.40. The number of aliphatic carboxylic acids is 1. The van der Waals surface area contributed by atoms with Crippen LogP contribution in [-0.2, 0) is 4.79 Å². The molecule has 0 unspecified atom stereocenters. The molecule has 0 aromatic heterocycles. The Bertz CT molecular complexity index is 368. The van der Waals surface area contributed by atoms with E-state index in [0.717, 1.165) is 12.1 Å². The first-order chi connectivity index (χ1) is 7.56. The highest BCUT2D eigenvalue weighted by molar-refractivity contribution is 6.30. The summed E-state index contributed by atoms with van der Waals surface area (Å²) in [5, 5.41) is 9.66. The van der Waals surface area contributed by atoms with Crippen LogP contribution in [0.3, 0.4) is 0 Å². The van der Waals surface area contributed by atoms with E-state index >= 15 is 0 Å². The van der Waals surface area contributed by atoms with Gasteiger partial charge in [-0.25, -0.2) is 4.79 Å². The Balaban J connectivity index is 2.97. The maximum Gasteiger partial charge on any atom is 0.326 e. The Kier molecular flexibility index (Phi) is 4.62. The monoisotopic (exact) mass is 241 g/mol. The minimum Gasteiger partial charge on any atom is -0.480 e. The number of anilines is 1. The molecule has 0 aliphatic heterocycles. The molecule has 3 nitrogen and oxygen atoms in total. The van der Waals surface area contributed by atoms with Crippen molar-refractivity contribution in [1.82, 2.24) is 0 Å². The van der Waals surface area contributed by atoms with E-state index in [0.29, 0.717) is 11.6 Å². The van der Waals surface area contributed by atoms with Crippen LogP contribution in [0.2, 0.25) is 5.02 Å². The average Bonchev–Trinajstić information content (AvgIpc) is 2.24. The number of benzene rings is 1. The highest BCUT2D eigenvalue weighted by atomic mass is 35.5. The topological polar surface area (TPSA) is 40.5 Å². The third-order valence-corrected chi connectivity index (χ3v) is 2.66. The van der Waals surface area contributed by atoms with Gasteiger partial charge in [0.25, 0.3) is 0 Å². The molecule has 0 bridgehead atoms. The summed E-state index contributed by atoms with van der Waals surface area (Å²) in [6.07, 6.45) is 0.893. The van der Waals surface area contributed by atoms with Gasteiger partial charge in [0.2, 0.25) is 0 Å². The van der Waals surface area contributed by atoms with Gasteiger partial charge in [-0.15, -0.1) is 0 Å². The number of halogens is 1. The number of carboxylic acid groups (broad SMARTS) is 1. The molecule has 0 amide bonds. The molecule has 0 spiro atoms. The summed E-state index contributed by atoms with van der Waals surface area (Å²) in [5.74, 6) is -0.826. The molecule has 4 heteroatoms. The van der Waals surface area contributed by atoms with E-state index in [-0.39, 0.29) is 0 Å². The van der Waals surface area contributed by atoms with Crippen molar-refractivity contribution in [1.29, 1.82) is 0 Å². The Morgan fingerprint density at radius 2 is 2.25 bits per heavy atom. The fourth-order valence-corrected chi connectivity index (χ4v) is 1.76. The van der Waals surface area contributed by atoms with Gasteiger partial charge < -0.3 is 10.0 Å². The minimum absolute atomic E-state index is 0.543. The zero-order valence-electron chi connectivity index (χ0n) is 9.48. The van der Waals surface area contributed by atoms with Gasteiger partial charge in [0.1, 0.15) is 6.04 Å². The molecule has 0 fully saturated rings. The van der Waals surface area contributed by atoms with Gasteiger partial charge in [-0.3, -0.25) is 0 Å². The SMILES string of the molecule is CCCN(c1cccc(Cl)c1)[C@@H](C)C(=O)O. The van der Waals surface area contributed by atoms with Gasteiger partial charge in [0.05, 0.1) is 0 Å². The summed E-state index contributed by atoms with van der Waals surface area (Å²) in [6, 6.07) is 6.73. The lowest BCUT2D eigenvalue weighted by molar-refractivity contribution is -0.138. The number of hydrogen-bond acceptors (Lipinski definition) is 2. The summed E-state index contributed by atoms with van der Waals surface area (Å²) in [5.41, 5.74) is 0.851. The van der Waals surface area contributed by atoms with E-state index < -0.39 is 12.0 Å². The van der Waals surface area contributed by atoms with E-state index in [1.54, 1.807) is 19.1 Å². The van der Waals surface area contributed by atoms with Gasteiger partial charge in [-0.2, -0.15) is 0 Å². The first-order valence-electron chi connectivity index (χ1n) is 5.31. The lowest BCUT2D eigenvalue weighted by atomic mass is 10.2. The Morgan fingerprint density at radius 1 is 1.56 bits per heavy atom. The van der Waals surface area contributed by atoms with E-state index in [1.165, 1.54) is 0 Å². The largest absolute Gasteiger partial charge is 0.480 e. The van der Waals surface area contributed by atoms with Gasteiger partial charge in [0.15, 0.2) is 0 Å². The molecule has 0 heterocycles. The maximum absolute atomic E-state index is 11.0. The Labute approximate surface area is 101 Å². The third-order valence-electron chi connectivity index (χ3n) is 2.43. The van der Waals surface area contributed by atoms with E-state index in [9.17, 15) is 4.79 Å². The van der Waals surface area contributed by atoms with E-state index in [2.05, 4.69) is 0 Å². The van der Waals surface area contributed by atoms with Crippen LogP contribution in [0.4, 0.5) is 5.69 Å².